The van der Waals surface area contributed by atoms with Crippen LogP contribution in [0.1, 0.15) is 85.9 Å². The van der Waals surface area contributed by atoms with Crippen LogP contribution in [-0.4, -0.2) is 38.1 Å². The van der Waals surface area contributed by atoms with Crippen LogP contribution in [0.5, 0.6) is 0 Å². The molecule has 0 unspecified atom stereocenters. The zero-order valence-corrected chi connectivity index (χ0v) is 23.8. The van der Waals surface area contributed by atoms with Crippen LogP contribution in [0.4, 0.5) is 0 Å². The van der Waals surface area contributed by atoms with Crippen molar-refractivity contribution in [1.29, 1.82) is 0 Å². The molecule has 1 rings (SSSR count). The number of hydrogen-bond donors (Lipinski definition) is 0. The first-order valence-corrected chi connectivity index (χ1v) is 12.4. The Morgan fingerprint density at radius 3 is 1.85 bits per heavy atom. The molecule has 1 aromatic rings. The van der Waals surface area contributed by atoms with Crippen LogP contribution in [0.25, 0.3) is 0 Å². The minimum absolute atomic E-state index is 0. The molecule has 7 nitrogen and oxygen atoms in total. The number of ether oxygens (including phenoxy) is 2. The van der Waals surface area contributed by atoms with E-state index in [4.69, 9.17) is 9.47 Å². The summed E-state index contributed by atoms with van der Waals surface area (Å²) < 4.78 is 45.4. The van der Waals surface area contributed by atoms with Crippen molar-refractivity contribution in [3.05, 3.63) is 53.6 Å². The van der Waals surface area contributed by atoms with Gasteiger partial charge in [-0.3, -0.25) is 0 Å². The van der Waals surface area contributed by atoms with Crippen molar-refractivity contribution in [2.75, 3.05) is 13.2 Å². The van der Waals surface area contributed by atoms with Crippen LogP contribution in [0.2, 0.25) is 0 Å². The van der Waals surface area contributed by atoms with Crippen LogP contribution in [0, 0.1) is 0 Å². The van der Waals surface area contributed by atoms with E-state index in [-0.39, 0.29) is 70.2 Å². The molecule has 0 aromatic heterocycles. The SMILES string of the molecule is C/C=C/CCCCCOC(=O)c1cccc(S(=O)(=O)[O-])c1C(=O)OCCCCC/C=C/C.[K+]. The van der Waals surface area contributed by atoms with Crippen molar-refractivity contribution >= 4 is 22.1 Å². The van der Waals surface area contributed by atoms with E-state index >= 15 is 0 Å². The van der Waals surface area contributed by atoms with Gasteiger partial charge in [0, 0.05) is 0 Å². The Morgan fingerprint density at radius 1 is 0.848 bits per heavy atom. The first-order valence-electron chi connectivity index (χ1n) is 11.0. The Bertz CT molecular complexity index is 892. The number of benzene rings is 1. The molecule has 0 radical (unpaired) electrons. The summed E-state index contributed by atoms with van der Waals surface area (Å²) in [6, 6.07) is 3.49. The molecule has 0 saturated carbocycles. The molecule has 0 amide bonds. The summed E-state index contributed by atoms with van der Waals surface area (Å²) in [6.07, 6.45) is 14.7. The molecule has 33 heavy (non-hydrogen) atoms. The van der Waals surface area contributed by atoms with Crippen molar-refractivity contribution in [3.8, 4) is 0 Å². The average Bonchev–Trinajstić information content (AvgIpc) is 2.76. The molecular formula is C24H33KO7S. The first-order chi connectivity index (χ1) is 15.3. The van der Waals surface area contributed by atoms with E-state index in [1.165, 1.54) is 12.1 Å². The van der Waals surface area contributed by atoms with Crippen molar-refractivity contribution < 1.29 is 83.4 Å². The van der Waals surface area contributed by atoms with Gasteiger partial charge in [-0.15, -0.1) is 0 Å². The van der Waals surface area contributed by atoms with Crippen molar-refractivity contribution in [3.63, 3.8) is 0 Å². The van der Waals surface area contributed by atoms with Gasteiger partial charge < -0.3 is 14.0 Å². The monoisotopic (exact) mass is 504 g/mol. The molecule has 0 aliphatic rings. The number of rotatable bonds is 15. The minimum Gasteiger partial charge on any atom is -0.744 e. The second-order valence-corrected chi connectivity index (χ2v) is 8.59. The minimum atomic E-state index is -4.99. The van der Waals surface area contributed by atoms with Crippen molar-refractivity contribution in [2.24, 2.45) is 0 Å². The van der Waals surface area contributed by atoms with Gasteiger partial charge in [0.15, 0.2) is 0 Å². The zero-order valence-electron chi connectivity index (χ0n) is 19.9. The molecule has 0 fully saturated rings. The van der Waals surface area contributed by atoms with Gasteiger partial charge in [-0.2, -0.15) is 0 Å². The summed E-state index contributed by atoms with van der Waals surface area (Å²) in [7, 11) is -4.99. The summed E-state index contributed by atoms with van der Waals surface area (Å²) >= 11 is 0. The van der Waals surface area contributed by atoms with Gasteiger partial charge >= 0.3 is 63.3 Å². The molecule has 0 bridgehead atoms. The van der Waals surface area contributed by atoms with Gasteiger partial charge in [0.05, 0.1) is 29.2 Å². The quantitative estimate of drug-likeness (QED) is 0.118. The largest absolute Gasteiger partial charge is 1.00 e. The Labute approximate surface area is 240 Å². The van der Waals surface area contributed by atoms with E-state index in [0.29, 0.717) is 12.8 Å². The fourth-order valence-electron chi connectivity index (χ4n) is 3.02. The van der Waals surface area contributed by atoms with Crippen LogP contribution in [0.3, 0.4) is 0 Å². The van der Waals surface area contributed by atoms with Crippen LogP contribution < -0.4 is 51.4 Å². The van der Waals surface area contributed by atoms with E-state index in [1.54, 1.807) is 0 Å². The third kappa shape index (κ3) is 13.0. The first kappa shape index (κ1) is 32.2. The summed E-state index contributed by atoms with van der Waals surface area (Å²) in [5.41, 5.74) is -0.844. The predicted molar refractivity (Wildman–Crippen MR) is 122 cm³/mol. The molecule has 0 saturated heterocycles. The number of hydrogen-bond acceptors (Lipinski definition) is 7. The number of esters is 2. The average molecular weight is 505 g/mol. The van der Waals surface area contributed by atoms with Gasteiger partial charge in [0.2, 0.25) is 0 Å². The summed E-state index contributed by atoms with van der Waals surface area (Å²) in [5.74, 6) is -1.88. The number of carbonyl (C=O) groups excluding carboxylic acids is 2. The van der Waals surface area contributed by atoms with E-state index in [2.05, 4.69) is 6.08 Å². The summed E-state index contributed by atoms with van der Waals surface area (Å²) in [6.45, 7) is 4.08. The Hall–Kier alpha value is -0.814. The molecule has 0 heterocycles. The maximum Gasteiger partial charge on any atom is 1.00 e. The molecular weight excluding hydrogens is 471 g/mol. The third-order valence-corrected chi connectivity index (χ3v) is 5.57. The zero-order chi connectivity index (χ0) is 23.8. The van der Waals surface area contributed by atoms with Gasteiger partial charge in [-0.25, -0.2) is 18.0 Å². The van der Waals surface area contributed by atoms with Crippen molar-refractivity contribution in [1.82, 2.24) is 0 Å². The van der Waals surface area contributed by atoms with E-state index < -0.39 is 32.5 Å². The standard InChI is InChI=1S/C24H34O7S.K/c1-3-5-7-9-11-13-18-30-23(25)20-16-15-17-21(32(27,28)29)22(20)24(26)31-19-14-12-10-8-6-4-2;/h3-6,15-17H,7-14,18-19H2,1-2H3,(H,27,28,29);/q;+1/p-1/b5-3+,6-4+;. The van der Waals surface area contributed by atoms with Crippen LogP contribution >= 0.6 is 0 Å². The fourth-order valence-corrected chi connectivity index (χ4v) is 3.70. The maximum absolute atomic E-state index is 12.6. The normalized spacial score (nSPS) is 11.5. The Morgan fingerprint density at radius 2 is 1.36 bits per heavy atom. The second-order valence-electron chi connectivity index (χ2n) is 7.24. The molecule has 1 aromatic carbocycles. The molecule has 0 spiro atoms. The Kier molecular flexibility index (Phi) is 18.0. The molecule has 178 valence electrons. The molecule has 0 aliphatic carbocycles. The summed E-state index contributed by atoms with van der Waals surface area (Å²) in [4.78, 5) is 24.3. The van der Waals surface area contributed by atoms with Gasteiger partial charge in [-0.1, -0.05) is 30.4 Å². The van der Waals surface area contributed by atoms with Crippen molar-refractivity contribution in [2.45, 2.75) is 70.1 Å². The molecule has 0 aliphatic heterocycles. The molecule has 0 N–H and O–H groups in total. The van der Waals surface area contributed by atoms with E-state index in [1.807, 2.05) is 32.1 Å². The van der Waals surface area contributed by atoms with Gasteiger partial charge in [0.1, 0.15) is 10.1 Å². The van der Waals surface area contributed by atoms with E-state index in [0.717, 1.165) is 44.6 Å². The topological polar surface area (TPSA) is 110 Å². The van der Waals surface area contributed by atoms with Gasteiger partial charge in [-0.05, 0) is 77.3 Å². The second kappa shape index (κ2) is 18.5. The number of allylic oxidation sites excluding steroid dienone is 4. The third-order valence-electron chi connectivity index (χ3n) is 4.69. The summed E-state index contributed by atoms with van der Waals surface area (Å²) in [5, 5.41) is 0. The fraction of sp³-hybridized carbons (Fsp3) is 0.500. The van der Waals surface area contributed by atoms with E-state index in [9.17, 15) is 22.6 Å². The Balaban J connectivity index is 0.0000102. The van der Waals surface area contributed by atoms with Crippen LogP contribution in [-0.2, 0) is 19.6 Å². The smallest absolute Gasteiger partial charge is 0.744 e. The molecule has 0 atom stereocenters. The number of unbranched alkanes of at least 4 members (excludes halogenated alkanes) is 6. The van der Waals surface area contributed by atoms with Crippen LogP contribution in [0.15, 0.2) is 47.4 Å². The number of carbonyl (C=O) groups is 2. The van der Waals surface area contributed by atoms with Gasteiger partial charge in [0.25, 0.3) is 0 Å². The molecule has 9 heteroatoms. The maximum atomic E-state index is 12.6. The predicted octanol–water partition coefficient (Wildman–Crippen LogP) is 2.18.